The molecule has 31 heavy (non-hydrogen) atoms. The summed E-state index contributed by atoms with van der Waals surface area (Å²) in [5, 5.41) is 0. The van der Waals surface area contributed by atoms with Gasteiger partial charge in [0, 0.05) is 11.5 Å². The molecule has 1 aliphatic heterocycles. The number of hydrogen-bond acceptors (Lipinski definition) is 2. The van der Waals surface area contributed by atoms with Gasteiger partial charge in [0.1, 0.15) is 0 Å². The topological polar surface area (TPSA) is 0 Å². The van der Waals surface area contributed by atoms with Crippen LogP contribution in [0.5, 0.6) is 0 Å². The molecular formula is C29H48S2. The van der Waals surface area contributed by atoms with Gasteiger partial charge in [-0.1, -0.05) is 65.5 Å². The van der Waals surface area contributed by atoms with Crippen molar-refractivity contribution in [1.29, 1.82) is 0 Å². The van der Waals surface area contributed by atoms with E-state index in [0.29, 0.717) is 14.9 Å². The Morgan fingerprint density at radius 2 is 1.68 bits per heavy atom. The zero-order chi connectivity index (χ0) is 21.9. The highest BCUT2D eigenvalue weighted by Crippen LogP contribution is 2.69. The molecule has 176 valence electrons. The summed E-state index contributed by atoms with van der Waals surface area (Å²) < 4.78 is 0.467. The summed E-state index contributed by atoms with van der Waals surface area (Å²) in [6.45, 7) is 12.9. The van der Waals surface area contributed by atoms with Crippen molar-refractivity contribution in [2.24, 2.45) is 46.3 Å². The Labute approximate surface area is 201 Å². The Morgan fingerprint density at radius 3 is 2.42 bits per heavy atom. The van der Waals surface area contributed by atoms with E-state index in [0.717, 1.165) is 35.5 Å². The highest BCUT2D eigenvalue weighted by molar-refractivity contribution is 8.21. The lowest BCUT2D eigenvalue weighted by Gasteiger charge is -2.59. The average molecular weight is 461 g/mol. The first-order chi connectivity index (χ1) is 14.8. The van der Waals surface area contributed by atoms with Gasteiger partial charge in [0.15, 0.2) is 0 Å². The molecule has 5 aliphatic rings. The van der Waals surface area contributed by atoms with E-state index in [2.05, 4.69) is 64.2 Å². The van der Waals surface area contributed by atoms with E-state index in [1.165, 1.54) is 75.7 Å². The lowest BCUT2D eigenvalue weighted by Crippen LogP contribution is -2.51. The molecule has 0 amide bonds. The maximum atomic E-state index is 2.82. The van der Waals surface area contributed by atoms with Crippen LogP contribution >= 0.6 is 23.5 Å². The van der Waals surface area contributed by atoms with Crippen LogP contribution in [-0.2, 0) is 0 Å². The van der Waals surface area contributed by atoms with E-state index in [9.17, 15) is 0 Å². The SMILES string of the molecule is CC(C)CCCC(C)C1CCC2C3CCC4=CC5(CCC4(C)C3CCC12C)SCCS5. The van der Waals surface area contributed by atoms with Gasteiger partial charge in [-0.25, -0.2) is 0 Å². The summed E-state index contributed by atoms with van der Waals surface area (Å²) in [5.74, 6) is 8.56. The summed E-state index contributed by atoms with van der Waals surface area (Å²) in [6.07, 6.45) is 19.1. The van der Waals surface area contributed by atoms with Gasteiger partial charge in [-0.15, -0.1) is 23.5 Å². The molecule has 3 saturated carbocycles. The minimum absolute atomic E-state index is 0.467. The van der Waals surface area contributed by atoms with Crippen molar-refractivity contribution < 1.29 is 0 Å². The van der Waals surface area contributed by atoms with Gasteiger partial charge in [0.25, 0.3) is 0 Å². The minimum atomic E-state index is 0.467. The number of fused-ring (bicyclic) bond motifs is 5. The zero-order valence-corrected chi connectivity index (χ0v) is 22.7. The van der Waals surface area contributed by atoms with E-state index in [4.69, 9.17) is 0 Å². The molecule has 5 rings (SSSR count). The summed E-state index contributed by atoms with van der Waals surface area (Å²) in [4.78, 5) is 0. The average Bonchev–Trinajstić information content (AvgIpc) is 3.32. The molecule has 0 radical (unpaired) electrons. The molecule has 7 unspecified atom stereocenters. The van der Waals surface area contributed by atoms with Crippen LogP contribution in [0.4, 0.5) is 0 Å². The molecule has 2 heteroatoms. The van der Waals surface area contributed by atoms with Crippen LogP contribution in [0.2, 0.25) is 0 Å². The van der Waals surface area contributed by atoms with Gasteiger partial charge in [-0.05, 0) is 97.7 Å². The molecule has 0 aromatic carbocycles. The summed E-state index contributed by atoms with van der Waals surface area (Å²) in [7, 11) is 0. The van der Waals surface area contributed by atoms with Crippen molar-refractivity contribution in [3.63, 3.8) is 0 Å². The molecule has 1 saturated heterocycles. The smallest absolute Gasteiger partial charge is 0.0795 e. The van der Waals surface area contributed by atoms with Gasteiger partial charge in [-0.3, -0.25) is 0 Å². The molecule has 4 aliphatic carbocycles. The summed E-state index contributed by atoms with van der Waals surface area (Å²) in [6, 6.07) is 0. The molecule has 7 atom stereocenters. The molecule has 0 nitrogen and oxygen atoms in total. The van der Waals surface area contributed by atoms with Crippen LogP contribution in [0.15, 0.2) is 11.6 Å². The molecule has 0 bridgehead atoms. The number of hydrogen-bond donors (Lipinski definition) is 0. The molecule has 0 aromatic heterocycles. The molecule has 0 aromatic rings. The Balaban J connectivity index is 1.31. The Kier molecular flexibility index (Phi) is 6.42. The second-order valence-electron chi connectivity index (χ2n) is 13.0. The van der Waals surface area contributed by atoms with Crippen LogP contribution in [0.25, 0.3) is 0 Å². The third-order valence-corrected chi connectivity index (χ3v) is 14.5. The Morgan fingerprint density at radius 1 is 0.903 bits per heavy atom. The first-order valence-corrected chi connectivity index (χ1v) is 15.7. The predicted octanol–water partition coefficient (Wildman–Crippen LogP) is 9.20. The van der Waals surface area contributed by atoms with Crippen LogP contribution in [-0.4, -0.2) is 15.6 Å². The number of allylic oxidation sites excluding steroid dienone is 1. The number of thioether (sulfide) groups is 2. The third-order valence-electron chi connectivity index (χ3n) is 11.1. The maximum absolute atomic E-state index is 2.82. The van der Waals surface area contributed by atoms with E-state index in [-0.39, 0.29) is 0 Å². The third kappa shape index (κ3) is 3.90. The predicted molar refractivity (Wildman–Crippen MR) is 141 cm³/mol. The molecule has 4 fully saturated rings. The van der Waals surface area contributed by atoms with Crippen molar-refractivity contribution in [3.05, 3.63) is 11.6 Å². The van der Waals surface area contributed by atoms with E-state index in [1.807, 2.05) is 5.57 Å². The van der Waals surface area contributed by atoms with Crippen LogP contribution in [0.3, 0.4) is 0 Å². The van der Waals surface area contributed by atoms with Crippen molar-refractivity contribution in [2.75, 3.05) is 11.5 Å². The van der Waals surface area contributed by atoms with Crippen molar-refractivity contribution >= 4 is 23.5 Å². The summed E-state index contributed by atoms with van der Waals surface area (Å²) >= 11 is 4.52. The summed E-state index contributed by atoms with van der Waals surface area (Å²) in [5.41, 5.74) is 3.06. The van der Waals surface area contributed by atoms with E-state index >= 15 is 0 Å². The van der Waals surface area contributed by atoms with Gasteiger partial charge in [-0.2, -0.15) is 0 Å². The lowest BCUT2D eigenvalue weighted by molar-refractivity contribution is -0.0593. The Hall–Kier alpha value is 0.440. The van der Waals surface area contributed by atoms with Crippen LogP contribution < -0.4 is 0 Å². The minimum Gasteiger partial charge on any atom is -0.139 e. The van der Waals surface area contributed by atoms with E-state index < -0.39 is 0 Å². The zero-order valence-electron chi connectivity index (χ0n) is 21.1. The molecule has 0 N–H and O–H groups in total. The van der Waals surface area contributed by atoms with Crippen LogP contribution in [0, 0.1) is 46.3 Å². The second-order valence-corrected chi connectivity index (χ2v) is 16.2. The van der Waals surface area contributed by atoms with Gasteiger partial charge in [0.2, 0.25) is 0 Å². The fraction of sp³-hybridized carbons (Fsp3) is 0.931. The molecular weight excluding hydrogens is 412 g/mol. The number of rotatable bonds is 5. The molecule has 1 heterocycles. The van der Waals surface area contributed by atoms with Crippen molar-refractivity contribution in [3.8, 4) is 0 Å². The van der Waals surface area contributed by atoms with E-state index in [1.54, 1.807) is 6.42 Å². The second kappa shape index (κ2) is 8.58. The largest absolute Gasteiger partial charge is 0.139 e. The quantitative estimate of drug-likeness (QED) is 0.375. The maximum Gasteiger partial charge on any atom is 0.0795 e. The molecule has 1 spiro atoms. The van der Waals surface area contributed by atoms with Gasteiger partial charge in [0.05, 0.1) is 4.08 Å². The first kappa shape index (κ1) is 23.2. The van der Waals surface area contributed by atoms with Gasteiger partial charge < -0.3 is 0 Å². The monoisotopic (exact) mass is 460 g/mol. The fourth-order valence-corrected chi connectivity index (χ4v) is 12.5. The fourth-order valence-electron chi connectivity index (χ4n) is 9.40. The Bertz CT molecular complexity index is 689. The standard InChI is InChI=1S/C29H48S2/c1-20(2)7-6-8-21(3)24-11-12-25-23-10-9-22-19-29(30-17-18-31-29)16-15-27(22,4)26(23)13-14-28(24,25)5/h19-21,23-26H,6-18H2,1-5H3. The highest BCUT2D eigenvalue weighted by Gasteiger charge is 2.60. The lowest BCUT2D eigenvalue weighted by atomic mass is 9.46. The van der Waals surface area contributed by atoms with Crippen molar-refractivity contribution in [1.82, 2.24) is 0 Å². The highest BCUT2D eigenvalue weighted by atomic mass is 32.2. The van der Waals surface area contributed by atoms with Crippen LogP contribution in [0.1, 0.15) is 105 Å². The first-order valence-electron chi connectivity index (χ1n) is 13.8. The normalized spacial score (nSPS) is 44.6. The van der Waals surface area contributed by atoms with Crippen molar-refractivity contribution in [2.45, 2.75) is 109 Å². The van der Waals surface area contributed by atoms with Gasteiger partial charge >= 0.3 is 0 Å².